The first kappa shape index (κ1) is 12.8. The third-order valence-corrected chi connectivity index (χ3v) is 2.56. The normalized spacial score (nSPS) is 18.2. The van der Waals surface area contributed by atoms with E-state index in [-0.39, 0.29) is 12.6 Å². The summed E-state index contributed by atoms with van der Waals surface area (Å²) in [7, 11) is 0. The van der Waals surface area contributed by atoms with E-state index in [1.165, 1.54) is 6.20 Å². The maximum Gasteiger partial charge on any atom is 0.261 e. The molecule has 0 aromatic carbocycles. The number of fused-ring (bicyclic) bond motifs is 1. The maximum atomic E-state index is 12.1. The Hall–Kier alpha value is -1.60. The number of amides is 1. The molecule has 0 bridgehead atoms. The highest BCUT2D eigenvalue weighted by Crippen LogP contribution is 2.18. The van der Waals surface area contributed by atoms with Gasteiger partial charge in [-0.1, -0.05) is 0 Å². The van der Waals surface area contributed by atoms with Gasteiger partial charge in [-0.15, -0.1) is 5.11 Å². The summed E-state index contributed by atoms with van der Waals surface area (Å²) in [4.78, 5) is 17.8. The van der Waals surface area contributed by atoms with Crippen LogP contribution in [0.2, 0.25) is 0 Å². The third-order valence-electron chi connectivity index (χ3n) is 2.56. The van der Waals surface area contributed by atoms with Crippen LogP contribution >= 0.6 is 0 Å². The van der Waals surface area contributed by atoms with Crippen molar-refractivity contribution in [2.75, 3.05) is 26.4 Å². The average Bonchev–Trinajstić information content (AvgIpc) is 2.82. The fourth-order valence-corrected chi connectivity index (χ4v) is 1.75. The Morgan fingerprint density at radius 3 is 2.78 bits per heavy atom. The van der Waals surface area contributed by atoms with E-state index in [2.05, 4.69) is 15.2 Å². The molecular formula is C11H16N4O3. The van der Waals surface area contributed by atoms with Crippen molar-refractivity contribution >= 4 is 11.7 Å². The van der Waals surface area contributed by atoms with Crippen molar-refractivity contribution in [1.82, 2.24) is 4.90 Å². The number of ether oxygens (including phenoxy) is 2. The van der Waals surface area contributed by atoms with Crippen LogP contribution in [0.3, 0.4) is 0 Å². The summed E-state index contributed by atoms with van der Waals surface area (Å²) in [5.74, 6) is 0.287. The molecule has 18 heavy (non-hydrogen) atoms. The zero-order chi connectivity index (χ0) is 13.0. The molecule has 0 spiro atoms. The second kappa shape index (κ2) is 5.83. The highest BCUT2D eigenvalue weighted by molar-refractivity contribution is 6.22. The van der Waals surface area contributed by atoms with Crippen LogP contribution in [0.1, 0.15) is 13.8 Å². The van der Waals surface area contributed by atoms with Gasteiger partial charge in [-0.25, -0.2) is 4.99 Å². The van der Waals surface area contributed by atoms with Gasteiger partial charge in [0, 0.05) is 13.2 Å². The van der Waals surface area contributed by atoms with Crippen molar-refractivity contribution < 1.29 is 14.3 Å². The molecule has 0 saturated heterocycles. The van der Waals surface area contributed by atoms with E-state index < -0.39 is 6.29 Å². The summed E-state index contributed by atoms with van der Waals surface area (Å²) in [6.07, 6.45) is 1.01. The van der Waals surface area contributed by atoms with Gasteiger partial charge in [0.2, 0.25) is 0 Å². The van der Waals surface area contributed by atoms with Crippen molar-refractivity contribution in [3.8, 4) is 0 Å². The van der Waals surface area contributed by atoms with Crippen LogP contribution in [-0.4, -0.2) is 49.4 Å². The number of hydrogen-bond donors (Lipinski definition) is 0. The zero-order valence-corrected chi connectivity index (χ0v) is 10.5. The van der Waals surface area contributed by atoms with E-state index in [4.69, 9.17) is 9.47 Å². The third kappa shape index (κ3) is 2.62. The van der Waals surface area contributed by atoms with Gasteiger partial charge >= 0.3 is 0 Å². The first-order valence-electron chi connectivity index (χ1n) is 5.94. The highest BCUT2D eigenvalue weighted by atomic mass is 16.7. The van der Waals surface area contributed by atoms with Crippen LogP contribution in [0.4, 0.5) is 0 Å². The van der Waals surface area contributed by atoms with Gasteiger partial charge in [-0.2, -0.15) is 5.11 Å². The predicted molar refractivity (Wildman–Crippen MR) is 64.0 cm³/mol. The van der Waals surface area contributed by atoms with Crippen LogP contribution in [0.25, 0.3) is 0 Å². The molecule has 0 aliphatic carbocycles. The van der Waals surface area contributed by atoms with Crippen molar-refractivity contribution in [3.63, 3.8) is 0 Å². The molecule has 0 aromatic heterocycles. The van der Waals surface area contributed by atoms with Gasteiger partial charge in [0.05, 0.1) is 12.7 Å². The zero-order valence-electron chi connectivity index (χ0n) is 10.5. The Kier molecular flexibility index (Phi) is 4.16. The molecule has 7 nitrogen and oxygen atoms in total. The van der Waals surface area contributed by atoms with E-state index in [9.17, 15) is 4.79 Å². The van der Waals surface area contributed by atoms with Crippen LogP contribution in [0, 0.1) is 0 Å². The number of aliphatic imine (C=N–C) groups is 1. The molecule has 0 N–H and O–H groups in total. The standard InChI is InChI=1S/C11H16N4O3/c1-3-17-9(18-4-2)6-15-7-12-10-8(11(15)16)5-13-14-10/h5,9H,3-4,6-7H2,1-2H3. The molecule has 7 heteroatoms. The molecule has 0 fully saturated rings. The number of nitrogens with zero attached hydrogens (tertiary/aromatic N) is 4. The van der Waals surface area contributed by atoms with Crippen LogP contribution < -0.4 is 0 Å². The molecule has 0 saturated carbocycles. The Labute approximate surface area is 105 Å². The predicted octanol–water partition coefficient (Wildman–Crippen LogP) is 0.933. The summed E-state index contributed by atoms with van der Waals surface area (Å²) in [5.41, 5.74) is 0.438. The molecule has 2 heterocycles. The van der Waals surface area contributed by atoms with E-state index >= 15 is 0 Å². The fraction of sp³-hybridized carbons (Fsp3) is 0.636. The lowest BCUT2D eigenvalue weighted by Gasteiger charge is -2.28. The minimum atomic E-state index is -0.420. The number of rotatable bonds is 6. The van der Waals surface area contributed by atoms with E-state index in [1.807, 2.05) is 13.8 Å². The number of carbonyl (C=O) groups excluding carboxylic acids is 1. The minimum absolute atomic E-state index is 0.130. The van der Waals surface area contributed by atoms with E-state index in [0.717, 1.165) is 0 Å². The van der Waals surface area contributed by atoms with Gasteiger partial charge in [-0.3, -0.25) is 4.79 Å². The first-order chi connectivity index (χ1) is 8.76. The largest absolute Gasteiger partial charge is 0.351 e. The van der Waals surface area contributed by atoms with E-state index in [0.29, 0.717) is 31.2 Å². The smallest absolute Gasteiger partial charge is 0.261 e. The van der Waals surface area contributed by atoms with Crippen molar-refractivity contribution in [3.05, 3.63) is 11.8 Å². The molecule has 2 aliphatic heterocycles. The maximum absolute atomic E-state index is 12.1. The molecule has 2 aliphatic rings. The number of amidine groups is 1. The lowest BCUT2D eigenvalue weighted by atomic mass is 10.2. The molecule has 0 atom stereocenters. The number of azo groups is 1. The lowest BCUT2D eigenvalue weighted by Crippen LogP contribution is -2.43. The Bertz CT molecular complexity index is 411. The van der Waals surface area contributed by atoms with Gasteiger partial charge in [0.1, 0.15) is 12.2 Å². The summed E-state index contributed by atoms with van der Waals surface area (Å²) in [6.45, 7) is 5.47. The van der Waals surface area contributed by atoms with Gasteiger partial charge < -0.3 is 14.4 Å². The molecular weight excluding hydrogens is 236 g/mol. The topological polar surface area (TPSA) is 75.9 Å². The summed E-state index contributed by atoms with van der Waals surface area (Å²) in [5, 5.41) is 7.45. The molecule has 98 valence electrons. The lowest BCUT2D eigenvalue weighted by molar-refractivity contribution is -0.156. The van der Waals surface area contributed by atoms with Crippen LogP contribution in [0.5, 0.6) is 0 Å². The second-order valence-corrected chi connectivity index (χ2v) is 3.75. The van der Waals surface area contributed by atoms with Gasteiger partial charge in [0.15, 0.2) is 12.1 Å². The Morgan fingerprint density at radius 2 is 2.11 bits per heavy atom. The van der Waals surface area contributed by atoms with Crippen molar-refractivity contribution in [2.24, 2.45) is 15.2 Å². The molecule has 0 aromatic rings. The fourth-order valence-electron chi connectivity index (χ4n) is 1.75. The molecule has 0 radical (unpaired) electrons. The van der Waals surface area contributed by atoms with Crippen molar-refractivity contribution in [1.29, 1.82) is 0 Å². The summed E-state index contributed by atoms with van der Waals surface area (Å²) >= 11 is 0. The van der Waals surface area contributed by atoms with E-state index in [1.54, 1.807) is 4.90 Å². The number of hydrogen-bond acceptors (Lipinski definition) is 6. The van der Waals surface area contributed by atoms with Crippen LogP contribution in [0.15, 0.2) is 27.0 Å². The van der Waals surface area contributed by atoms with Crippen molar-refractivity contribution in [2.45, 2.75) is 20.1 Å². The molecule has 1 amide bonds. The Balaban J connectivity index is 2.00. The number of carbonyl (C=O) groups is 1. The molecule has 2 rings (SSSR count). The highest BCUT2D eigenvalue weighted by Gasteiger charge is 2.30. The minimum Gasteiger partial charge on any atom is -0.351 e. The van der Waals surface area contributed by atoms with Gasteiger partial charge in [0.25, 0.3) is 5.91 Å². The summed E-state index contributed by atoms with van der Waals surface area (Å²) in [6, 6.07) is 0. The Morgan fingerprint density at radius 1 is 1.39 bits per heavy atom. The monoisotopic (exact) mass is 252 g/mol. The molecule has 0 unspecified atom stereocenters. The quantitative estimate of drug-likeness (QED) is 0.660. The van der Waals surface area contributed by atoms with Gasteiger partial charge in [-0.05, 0) is 13.8 Å². The summed E-state index contributed by atoms with van der Waals surface area (Å²) < 4.78 is 10.8. The van der Waals surface area contributed by atoms with Crippen LogP contribution in [-0.2, 0) is 14.3 Å². The first-order valence-corrected chi connectivity index (χ1v) is 5.94. The second-order valence-electron chi connectivity index (χ2n) is 3.75. The average molecular weight is 252 g/mol. The SMILES string of the molecule is CCOC(CN1CN=C2N=NC=C2C1=O)OCC.